The second kappa shape index (κ2) is 8.49. The molecule has 2 amide bonds. The van der Waals surface area contributed by atoms with Crippen molar-refractivity contribution in [2.45, 2.75) is 25.7 Å². The fourth-order valence-electron chi connectivity index (χ4n) is 2.06. The van der Waals surface area contributed by atoms with Crippen LogP contribution in [0.3, 0.4) is 0 Å². The van der Waals surface area contributed by atoms with Crippen molar-refractivity contribution < 1.29 is 13.9 Å². The first-order valence-corrected chi connectivity index (χ1v) is 7.97. The Hall–Kier alpha value is -2.34. The van der Waals surface area contributed by atoms with Crippen molar-refractivity contribution in [3.8, 4) is 5.75 Å². The van der Waals surface area contributed by atoms with Crippen LogP contribution in [0.1, 0.15) is 31.2 Å². The molecule has 0 unspecified atom stereocenters. The van der Waals surface area contributed by atoms with Gasteiger partial charge in [0.1, 0.15) is 17.4 Å². The number of nitrogens with one attached hydrogen (secondary N) is 1. The van der Waals surface area contributed by atoms with Crippen molar-refractivity contribution in [3.05, 3.63) is 52.9 Å². The first-order valence-electron chi connectivity index (χ1n) is 7.60. The third kappa shape index (κ3) is 5.70. The number of aromatic nitrogens is 1. The number of nitrogens with two attached hydrogens (primary N) is 1. The van der Waals surface area contributed by atoms with Crippen molar-refractivity contribution >= 4 is 23.4 Å². The maximum Gasteiger partial charge on any atom is 0.317 e. The average Bonchev–Trinajstić information content (AvgIpc) is 3.37. The highest BCUT2D eigenvalue weighted by Crippen LogP contribution is 2.42. The van der Waals surface area contributed by atoms with E-state index in [2.05, 4.69) is 10.3 Å². The second-order valence-corrected chi connectivity index (χ2v) is 5.68. The summed E-state index contributed by atoms with van der Waals surface area (Å²) in [6, 6.07) is 7.55. The van der Waals surface area contributed by atoms with Crippen LogP contribution in [0.5, 0.6) is 5.75 Å². The van der Waals surface area contributed by atoms with E-state index in [0.717, 1.165) is 24.2 Å². The van der Waals surface area contributed by atoms with Crippen molar-refractivity contribution in [2.24, 2.45) is 5.73 Å². The summed E-state index contributed by atoms with van der Waals surface area (Å²) in [5.74, 6) is 1.53. The molecule has 1 aromatic heterocycles. The zero-order chi connectivity index (χ0) is 17.5. The zero-order valence-corrected chi connectivity index (χ0v) is 14.0. The average molecular weight is 352 g/mol. The lowest BCUT2D eigenvalue weighted by atomic mass is 10.1. The smallest absolute Gasteiger partial charge is 0.317 e. The number of carbonyl (C=O) groups is 1. The first-order chi connectivity index (χ1) is 11.5. The van der Waals surface area contributed by atoms with Crippen LogP contribution in [-0.4, -0.2) is 17.6 Å². The molecule has 3 N–H and O–H groups in total. The Morgan fingerprint density at radius 3 is 2.71 bits per heavy atom. The maximum atomic E-state index is 13.2. The highest BCUT2D eigenvalue weighted by Gasteiger charge is 2.26. The highest BCUT2D eigenvalue weighted by atomic mass is 35.5. The minimum absolute atomic E-state index is 0.0917. The van der Waals surface area contributed by atoms with Gasteiger partial charge in [-0.1, -0.05) is 11.6 Å². The molecule has 1 aliphatic carbocycles. The van der Waals surface area contributed by atoms with Crippen LogP contribution in [0.4, 0.5) is 15.0 Å². The van der Waals surface area contributed by atoms with E-state index in [-0.39, 0.29) is 5.82 Å². The van der Waals surface area contributed by atoms with Gasteiger partial charge in [0.2, 0.25) is 0 Å². The van der Waals surface area contributed by atoms with Crippen LogP contribution in [0.15, 0.2) is 36.5 Å². The van der Waals surface area contributed by atoms with Gasteiger partial charge in [0.25, 0.3) is 0 Å². The number of ether oxygens (including phenoxy) is 1. The van der Waals surface area contributed by atoms with Gasteiger partial charge in [0, 0.05) is 6.20 Å². The fraction of sp³-hybridized carbons (Fsp3) is 0.294. The maximum absolute atomic E-state index is 13.2. The van der Waals surface area contributed by atoms with Gasteiger partial charge in [-0.25, -0.2) is 14.2 Å². The summed E-state index contributed by atoms with van der Waals surface area (Å²) in [6.45, 7) is 2.57. The van der Waals surface area contributed by atoms with Crippen LogP contribution in [0, 0.1) is 5.82 Å². The number of anilines is 1. The van der Waals surface area contributed by atoms with Crippen LogP contribution in [0.2, 0.25) is 5.02 Å². The van der Waals surface area contributed by atoms with Crippen molar-refractivity contribution in [3.63, 3.8) is 0 Å². The van der Waals surface area contributed by atoms with Crippen LogP contribution in [0.25, 0.3) is 0 Å². The van der Waals surface area contributed by atoms with E-state index in [4.69, 9.17) is 22.1 Å². The molecule has 0 saturated heterocycles. The van der Waals surface area contributed by atoms with E-state index in [9.17, 15) is 9.18 Å². The number of primary amides is 1. The molecule has 1 fully saturated rings. The first kappa shape index (κ1) is 18.0. The second-order valence-electron chi connectivity index (χ2n) is 5.24. The molecule has 1 aromatic carbocycles. The Morgan fingerprint density at radius 1 is 1.42 bits per heavy atom. The summed E-state index contributed by atoms with van der Waals surface area (Å²) in [5.41, 5.74) is 5.66. The summed E-state index contributed by atoms with van der Waals surface area (Å²) in [5, 5.41) is 2.81. The number of rotatable bonds is 4. The fourth-order valence-corrected chi connectivity index (χ4v) is 2.17. The van der Waals surface area contributed by atoms with E-state index in [0.29, 0.717) is 23.4 Å². The monoisotopic (exact) mass is 351 g/mol. The number of urea groups is 1. The topological polar surface area (TPSA) is 77.2 Å². The van der Waals surface area contributed by atoms with E-state index < -0.39 is 6.03 Å². The Kier molecular flexibility index (Phi) is 6.37. The number of carbonyl (C=O) groups excluding carboxylic acids is 1. The molecular formula is C17H19ClFN3O2. The van der Waals surface area contributed by atoms with Crippen molar-refractivity contribution in [1.82, 2.24) is 4.98 Å². The van der Waals surface area contributed by atoms with Crippen LogP contribution in [-0.2, 0) is 0 Å². The summed E-state index contributed by atoms with van der Waals surface area (Å²) < 4.78 is 18.6. The molecule has 5 nitrogen and oxygen atoms in total. The molecule has 2 aromatic rings. The number of halogens is 2. The summed E-state index contributed by atoms with van der Waals surface area (Å²) in [4.78, 5) is 14.1. The molecule has 7 heteroatoms. The molecule has 0 atom stereocenters. The third-order valence-electron chi connectivity index (χ3n) is 3.27. The number of benzene rings is 1. The Labute approximate surface area is 145 Å². The molecule has 128 valence electrons. The van der Waals surface area contributed by atoms with Gasteiger partial charge < -0.3 is 10.5 Å². The van der Waals surface area contributed by atoms with Crippen LogP contribution < -0.4 is 15.8 Å². The Morgan fingerprint density at radius 2 is 2.17 bits per heavy atom. The SMILES string of the molecule is CCOc1ccc(F)c(C2CC2)c1.NC(=O)Nc1ccc(Cl)cn1. The summed E-state index contributed by atoms with van der Waals surface area (Å²) in [7, 11) is 0. The lowest BCUT2D eigenvalue weighted by molar-refractivity contribution is 0.259. The van der Waals surface area contributed by atoms with Gasteiger partial charge in [-0.2, -0.15) is 0 Å². The molecular weight excluding hydrogens is 333 g/mol. The predicted molar refractivity (Wildman–Crippen MR) is 92.0 cm³/mol. The lowest BCUT2D eigenvalue weighted by Crippen LogP contribution is -2.19. The van der Waals surface area contributed by atoms with Gasteiger partial charge in [0.05, 0.1) is 11.6 Å². The van der Waals surface area contributed by atoms with Gasteiger partial charge in [-0.05, 0) is 61.6 Å². The number of amides is 2. The van der Waals surface area contributed by atoms with Gasteiger partial charge in [0.15, 0.2) is 0 Å². The van der Waals surface area contributed by atoms with E-state index in [1.54, 1.807) is 18.2 Å². The molecule has 3 rings (SSSR count). The number of nitrogens with zero attached hydrogens (tertiary/aromatic N) is 1. The minimum Gasteiger partial charge on any atom is -0.494 e. The Balaban J connectivity index is 0.000000177. The zero-order valence-electron chi connectivity index (χ0n) is 13.3. The lowest BCUT2D eigenvalue weighted by Gasteiger charge is -2.06. The summed E-state index contributed by atoms with van der Waals surface area (Å²) in [6.07, 6.45) is 3.66. The van der Waals surface area contributed by atoms with Crippen LogP contribution >= 0.6 is 11.6 Å². The van der Waals surface area contributed by atoms with Crippen molar-refractivity contribution in [2.75, 3.05) is 11.9 Å². The molecule has 0 spiro atoms. The summed E-state index contributed by atoms with van der Waals surface area (Å²) >= 11 is 5.54. The van der Waals surface area contributed by atoms with E-state index >= 15 is 0 Å². The molecule has 1 aliphatic rings. The standard InChI is InChI=1S/C11H13FO.C6H6ClN3O/c1-2-13-9-5-6-11(12)10(7-9)8-3-4-8;7-4-1-2-5(9-3-4)10-6(8)11/h5-8H,2-4H2,1H3;1-3H,(H3,8,9,10,11). The van der Waals surface area contributed by atoms with Crippen molar-refractivity contribution in [1.29, 1.82) is 0 Å². The minimum atomic E-state index is -0.639. The molecule has 0 radical (unpaired) electrons. The predicted octanol–water partition coefficient (Wildman–Crippen LogP) is 4.33. The number of hydrogen-bond donors (Lipinski definition) is 2. The van der Waals surface area contributed by atoms with E-state index in [1.807, 2.05) is 13.0 Å². The normalized spacial score (nSPS) is 12.8. The molecule has 0 bridgehead atoms. The number of hydrogen-bond acceptors (Lipinski definition) is 3. The molecule has 24 heavy (non-hydrogen) atoms. The largest absolute Gasteiger partial charge is 0.494 e. The quantitative estimate of drug-likeness (QED) is 0.860. The Bertz CT molecular complexity index is 691. The molecule has 1 saturated carbocycles. The number of pyridine rings is 1. The van der Waals surface area contributed by atoms with Gasteiger partial charge in [-0.3, -0.25) is 5.32 Å². The highest BCUT2D eigenvalue weighted by molar-refractivity contribution is 6.30. The van der Waals surface area contributed by atoms with Gasteiger partial charge >= 0.3 is 6.03 Å². The molecule has 0 aliphatic heterocycles. The van der Waals surface area contributed by atoms with Gasteiger partial charge in [-0.15, -0.1) is 0 Å². The third-order valence-corrected chi connectivity index (χ3v) is 3.50. The molecule has 1 heterocycles. The van der Waals surface area contributed by atoms with E-state index in [1.165, 1.54) is 12.3 Å².